The lowest BCUT2D eigenvalue weighted by atomic mass is 9.97. The molecule has 10 heteroatoms. The fourth-order valence-electron chi connectivity index (χ4n) is 5.40. The molecule has 2 saturated carbocycles. The molecular formula is C27H25F3N6O. The number of anilines is 1. The average molecular weight is 507 g/mol. The highest BCUT2D eigenvalue weighted by Crippen LogP contribution is 2.46. The molecule has 1 amide bonds. The normalized spacial score (nSPS) is 20.2. The quantitative estimate of drug-likeness (QED) is 0.493. The lowest BCUT2D eigenvalue weighted by Crippen LogP contribution is -2.57. The topological polar surface area (TPSA) is 86.0 Å². The summed E-state index contributed by atoms with van der Waals surface area (Å²) in [5, 5.41) is 10.1. The fourth-order valence-corrected chi connectivity index (χ4v) is 5.40. The SMILES string of the molecule is N#Cc1cc(-c2cccc3nccnc23)c(C2CC2)nc1N1CCN(C(=O)CC(F)(F)F)C(C2CC2)C1. The largest absolute Gasteiger partial charge is 0.397 e. The molecule has 0 spiro atoms. The van der Waals surface area contributed by atoms with Gasteiger partial charge in [-0.3, -0.25) is 14.8 Å². The highest BCUT2D eigenvalue weighted by molar-refractivity contribution is 5.92. The van der Waals surface area contributed by atoms with Crippen LogP contribution in [0.5, 0.6) is 0 Å². The number of benzene rings is 1. The third-order valence-electron chi connectivity index (χ3n) is 7.46. The number of carbonyl (C=O) groups is 1. The van der Waals surface area contributed by atoms with E-state index >= 15 is 0 Å². The van der Waals surface area contributed by atoms with E-state index in [2.05, 4.69) is 16.0 Å². The predicted molar refractivity (Wildman–Crippen MR) is 131 cm³/mol. The highest BCUT2D eigenvalue weighted by Gasteiger charge is 2.44. The van der Waals surface area contributed by atoms with E-state index in [1.54, 1.807) is 12.4 Å². The molecule has 0 bridgehead atoms. The summed E-state index contributed by atoms with van der Waals surface area (Å²) in [4.78, 5) is 29.8. The summed E-state index contributed by atoms with van der Waals surface area (Å²) in [5.41, 5.74) is 4.57. The summed E-state index contributed by atoms with van der Waals surface area (Å²) in [6.45, 7) is 0.888. The maximum atomic E-state index is 12.9. The molecule has 2 aliphatic carbocycles. The summed E-state index contributed by atoms with van der Waals surface area (Å²) in [7, 11) is 0. The molecule has 1 aliphatic heterocycles. The van der Waals surface area contributed by atoms with E-state index in [0.29, 0.717) is 24.5 Å². The third-order valence-corrected chi connectivity index (χ3v) is 7.46. The van der Waals surface area contributed by atoms with Gasteiger partial charge in [-0.1, -0.05) is 12.1 Å². The number of halogens is 3. The number of pyridine rings is 1. The molecule has 3 fully saturated rings. The average Bonchev–Trinajstić information content (AvgIpc) is 3.80. The van der Waals surface area contributed by atoms with Gasteiger partial charge in [0.05, 0.1) is 28.3 Å². The van der Waals surface area contributed by atoms with Crippen molar-refractivity contribution >= 4 is 22.8 Å². The summed E-state index contributed by atoms with van der Waals surface area (Å²) in [5.74, 6) is 0.140. The molecule has 1 saturated heterocycles. The smallest absolute Gasteiger partial charge is 0.352 e. The molecule has 1 atom stereocenters. The first-order valence-electron chi connectivity index (χ1n) is 12.6. The molecule has 1 unspecified atom stereocenters. The van der Waals surface area contributed by atoms with Gasteiger partial charge in [0.15, 0.2) is 0 Å². The van der Waals surface area contributed by atoms with Crippen molar-refractivity contribution < 1.29 is 18.0 Å². The molecule has 190 valence electrons. The predicted octanol–water partition coefficient (Wildman–Crippen LogP) is 4.82. The minimum absolute atomic E-state index is 0.182. The number of nitrogens with zero attached hydrogens (tertiary/aromatic N) is 6. The lowest BCUT2D eigenvalue weighted by Gasteiger charge is -2.42. The Hall–Kier alpha value is -3.74. The fraction of sp³-hybridized carbons (Fsp3) is 0.444. The molecule has 6 rings (SSSR count). The van der Waals surface area contributed by atoms with Crippen molar-refractivity contribution in [2.75, 3.05) is 24.5 Å². The monoisotopic (exact) mass is 506 g/mol. The third kappa shape index (κ3) is 4.70. The molecule has 0 N–H and O–H groups in total. The van der Waals surface area contributed by atoms with Gasteiger partial charge in [-0.15, -0.1) is 0 Å². The Balaban J connectivity index is 1.36. The standard InChI is InChI=1S/C27H25F3N6O/c28-27(29,30)13-23(37)36-11-10-35(15-22(36)16-4-5-16)26-18(14-31)12-20(24(34-26)17-6-7-17)19-2-1-3-21-25(19)33-9-8-32-21/h1-3,8-9,12,16-17,22H,4-7,10-11,13,15H2. The Labute approximate surface area is 211 Å². The van der Waals surface area contributed by atoms with E-state index < -0.39 is 18.5 Å². The summed E-state index contributed by atoms with van der Waals surface area (Å²) in [6.07, 6.45) is 1.12. The number of alkyl halides is 3. The Morgan fingerprint density at radius 3 is 2.57 bits per heavy atom. The van der Waals surface area contributed by atoms with Crippen LogP contribution in [0.25, 0.3) is 22.2 Å². The number of hydrogen-bond acceptors (Lipinski definition) is 6. The zero-order valence-corrected chi connectivity index (χ0v) is 20.1. The molecule has 0 radical (unpaired) electrons. The highest BCUT2D eigenvalue weighted by atomic mass is 19.4. The van der Waals surface area contributed by atoms with Crippen molar-refractivity contribution in [1.82, 2.24) is 19.9 Å². The second-order valence-electron chi connectivity index (χ2n) is 10.1. The van der Waals surface area contributed by atoms with Gasteiger partial charge in [0.1, 0.15) is 18.3 Å². The number of rotatable bonds is 5. The van der Waals surface area contributed by atoms with Crippen LogP contribution in [0.1, 0.15) is 49.3 Å². The molecular weight excluding hydrogens is 481 g/mol. The molecule has 37 heavy (non-hydrogen) atoms. The van der Waals surface area contributed by atoms with E-state index in [4.69, 9.17) is 4.98 Å². The van der Waals surface area contributed by atoms with Gasteiger partial charge in [-0.05, 0) is 43.7 Å². The molecule has 3 aliphatic rings. The summed E-state index contributed by atoms with van der Waals surface area (Å²) < 4.78 is 38.8. The maximum absolute atomic E-state index is 12.9. The molecule has 1 aromatic carbocycles. The van der Waals surface area contributed by atoms with Gasteiger partial charge in [-0.2, -0.15) is 18.4 Å². The van der Waals surface area contributed by atoms with Gasteiger partial charge >= 0.3 is 6.18 Å². The zero-order chi connectivity index (χ0) is 25.7. The van der Waals surface area contributed by atoms with Crippen LogP contribution < -0.4 is 4.90 Å². The Bertz CT molecular complexity index is 1400. The summed E-state index contributed by atoms with van der Waals surface area (Å²) >= 11 is 0. The van der Waals surface area contributed by atoms with Gasteiger partial charge in [0.25, 0.3) is 0 Å². The van der Waals surface area contributed by atoms with Crippen molar-refractivity contribution in [2.24, 2.45) is 5.92 Å². The van der Waals surface area contributed by atoms with Crippen LogP contribution in [0.3, 0.4) is 0 Å². The van der Waals surface area contributed by atoms with Crippen LogP contribution in [0.4, 0.5) is 19.0 Å². The second-order valence-corrected chi connectivity index (χ2v) is 10.1. The Kier molecular flexibility index (Phi) is 5.74. The number of fused-ring (bicyclic) bond motifs is 1. The van der Waals surface area contributed by atoms with Crippen LogP contribution in [-0.2, 0) is 4.79 Å². The van der Waals surface area contributed by atoms with E-state index in [1.807, 2.05) is 29.2 Å². The Morgan fingerprint density at radius 2 is 1.86 bits per heavy atom. The number of carbonyl (C=O) groups excluding carboxylic acids is 1. The van der Waals surface area contributed by atoms with Gasteiger partial charge in [0.2, 0.25) is 5.91 Å². The molecule has 3 heterocycles. The first-order chi connectivity index (χ1) is 17.8. The van der Waals surface area contributed by atoms with Crippen molar-refractivity contribution in [2.45, 2.75) is 50.2 Å². The van der Waals surface area contributed by atoms with Crippen molar-refractivity contribution in [3.05, 3.63) is 47.9 Å². The maximum Gasteiger partial charge on any atom is 0.397 e. The van der Waals surface area contributed by atoms with Gasteiger partial charge in [-0.25, -0.2) is 4.98 Å². The minimum atomic E-state index is -4.53. The van der Waals surface area contributed by atoms with E-state index in [0.717, 1.165) is 53.5 Å². The molecule has 7 nitrogen and oxygen atoms in total. The minimum Gasteiger partial charge on any atom is -0.352 e. The first-order valence-corrected chi connectivity index (χ1v) is 12.6. The van der Waals surface area contributed by atoms with E-state index in [-0.39, 0.29) is 24.4 Å². The number of aromatic nitrogens is 3. The molecule has 2 aromatic heterocycles. The summed E-state index contributed by atoms with van der Waals surface area (Å²) in [6, 6.07) is 9.63. The number of nitriles is 1. The number of hydrogen-bond donors (Lipinski definition) is 0. The lowest BCUT2D eigenvalue weighted by molar-refractivity contribution is -0.163. The number of amides is 1. The Morgan fingerprint density at radius 1 is 1.08 bits per heavy atom. The second kappa shape index (κ2) is 8.98. The first kappa shape index (κ1) is 23.6. The number of piperazine rings is 1. The van der Waals surface area contributed by atoms with Gasteiger partial charge in [0, 0.05) is 49.1 Å². The molecule has 3 aromatic rings. The van der Waals surface area contributed by atoms with E-state index in [1.165, 1.54) is 4.90 Å². The van der Waals surface area contributed by atoms with Crippen LogP contribution in [0.2, 0.25) is 0 Å². The van der Waals surface area contributed by atoms with Crippen molar-refractivity contribution in [1.29, 1.82) is 5.26 Å². The van der Waals surface area contributed by atoms with Crippen LogP contribution in [-0.4, -0.2) is 57.6 Å². The van der Waals surface area contributed by atoms with Crippen molar-refractivity contribution in [3.8, 4) is 17.2 Å². The zero-order valence-electron chi connectivity index (χ0n) is 20.1. The van der Waals surface area contributed by atoms with Gasteiger partial charge < -0.3 is 9.80 Å². The van der Waals surface area contributed by atoms with Crippen LogP contribution >= 0.6 is 0 Å². The van der Waals surface area contributed by atoms with E-state index in [9.17, 15) is 23.2 Å². The van der Waals surface area contributed by atoms with Crippen LogP contribution in [0.15, 0.2) is 36.7 Å². The van der Waals surface area contributed by atoms with Crippen molar-refractivity contribution in [3.63, 3.8) is 0 Å². The number of para-hydroxylation sites is 1. The van der Waals surface area contributed by atoms with Crippen LogP contribution in [0, 0.1) is 17.2 Å².